The average molecular weight is 355 g/mol. The lowest BCUT2D eigenvalue weighted by Gasteiger charge is -2.26. The number of carbonyl (C=O) groups excluding carboxylic acids is 2. The van der Waals surface area contributed by atoms with E-state index in [1.807, 2.05) is 0 Å². The molecular formula is C16H15ClO5S. The van der Waals surface area contributed by atoms with Crippen molar-refractivity contribution >= 4 is 35.3 Å². The Morgan fingerprint density at radius 2 is 1.83 bits per heavy atom. The maximum atomic E-state index is 12.3. The lowest BCUT2D eigenvalue weighted by molar-refractivity contribution is -0.137. The summed E-state index contributed by atoms with van der Waals surface area (Å²) in [6, 6.07) is 6.92. The maximum Gasteiger partial charge on any atom is 0.339 e. The van der Waals surface area contributed by atoms with Crippen LogP contribution in [0.4, 0.5) is 0 Å². The number of rotatable bonds is 4. The first-order chi connectivity index (χ1) is 11.0. The maximum absolute atomic E-state index is 12.3. The van der Waals surface area contributed by atoms with E-state index in [0.29, 0.717) is 21.3 Å². The summed E-state index contributed by atoms with van der Waals surface area (Å²) in [5, 5.41) is 2.48. The van der Waals surface area contributed by atoms with E-state index in [0.717, 1.165) is 11.8 Å². The van der Waals surface area contributed by atoms with Crippen molar-refractivity contribution in [3.8, 4) is 0 Å². The summed E-state index contributed by atoms with van der Waals surface area (Å²) in [5.41, 5.74) is 1.23. The van der Waals surface area contributed by atoms with Crippen molar-refractivity contribution < 1.29 is 23.8 Å². The van der Waals surface area contributed by atoms with Crippen molar-refractivity contribution in [2.24, 2.45) is 0 Å². The van der Waals surface area contributed by atoms with Gasteiger partial charge < -0.3 is 14.2 Å². The van der Waals surface area contributed by atoms with Crippen LogP contribution < -0.4 is 0 Å². The van der Waals surface area contributed by atoms with Crippen molar-refractivity contribution in [1.29, 1.82) is 0 Å². The Morgan fingerprint density at radius 1 is 1.13 bits per heavy atom. The van der Waals surface area contributed by atoms with Gasteiger partial charge in [-0.15, -0.1) is 0 Å². The summed E-state index contributed by atoms with van der Waals surface area (Å²) in [6.45, 7) is 0. The molecule has 0 aromatic heterocycles. The van der Waals surface area contributed by atoms with Crippen molar-refractivity contribution in [1.82, 2.24) is 0 Å². The van der Waals surface area contributed by atoms with Crippen molar-refractivity contribution in [3.05, 3.63) is 56.5 Å². The number of benzene rings is 1. The Morgan fingerprint density at radius 3 is 2.39 bits per heavy atom. The van der Waals surface area contributed by atoms with Crippen LogP contribution in [-0.4, -0.2) is 33.3 Å². The van der Waals surface area contributed by atoms with Gasteiger partial charge >= 0.3 is 11.9 Å². The van der Waals surface area contributed by atoms with E-state index < -0.39 is 17.9 Å². The zero-order valence-corrected chi connectivity index (χ0v) is 14.4. The van der Waals surface area contributed by atoms with Gasteiger partial charge in [0.05, 0.1) is 38.4 Å². The number of esters is 2. The molecule has 0 N–H and O–H groups in total. The van der Waals surface area contributed by atoms with E-state index in [2.05, 4.69) is 0 Å². The molecule has 1 aromatic rings. The van der Waals surface area contributed by atoms with Crippen LogP contribution in [0.2, 0.25) is 5.02 Å². The lowest BCUT2D eigenvalue weighted by Crippen LogP contribution is -2.24. The Balaban J connectivity index is 2.64. The summed E-state index contributed by atoms with van der Waals surface area (Å²) >= 11 is 7.18. The number of halogens is 1. The van der Waals surface area contributed by atoms with E-state index in [-0.39, 0.29) is 5.57 Å². The molecule has 1 aliphatic rings. The van der Waals surface area contributed by atoms with Crippen LogP contribution in [0.15, 0.2) is 45.9 Å². The molecule has 0 amide bonds. The molecule has 0 fully saturated rings. The third-order valence-electron chi connectivity index (χ3n) is 3.31. The van der Waals surface area contributed by atoms with E-state index in [1.165, 1.54) is 21.3 Å². The lowest BCUT2D eigenvalue weighted by atomic mass is 9.85. The predicted molar refractivity (Wildman–Crippen MR) is 87.9 cm³/mol. The minimum atomic E-state index is -0.676. The molecule has 1 heterocycles. The molecule has 2 rings (SSSR count). The Bertz CT molecular complexity index is 695. The first kappa shape index (κ1) is 17.4. The molecule has 0 bridgehead atoms. The topological polar surface area (TPSA) is 61.8 Å². The van der Waals surface area contributed by atoms with Gasteiger partial charge in [0.2, 0.25) is 0 Å². The fraction of sp³-hybridized carbons (Fsp3) is 0.250. The van der Waals surface area contributed by atoms with Gasteiger partial charge in [0.1, 0.15) is 0 Å². The fourth-order valence-electron chi connectivity index (χ4n) is 2.31. The van der Waals surface area contributed by atoms with Crippen molar-refractivity contribution in [2.75, 3.05) is 21.3 Å². The molecule has 122 valence electrons. The summed E-state index contributed by atoms with van der Waals surface area (Å²) in [5.74, 6) is -1.78. The highest BCUT2D eigenvalue weighted by Gasteiger charge is 2.37. The number of methoxy groups -OCH3 is 3. The minimum absolute atomic E-state index is 0.241. The average Bonchev–Trinajstić information content (AvgIpc) is 2.58. The van der Waals surface area contributed by atoms with Crippen LogP contribution in [0, 0.1) is 0 Å². The molecule has 1 aliphatic heterocycles. The first-order valence-corrected chi connectivity index (χ1v) is 7.86. The van der Waals surface area contributed by atoms with Crippen molar-refractivity contribution in [2.45, 2.75) is 5.92 Å². The third-order valence-corrected chi connectivity index (χ3v) is 4.51. The molecule has 23 heavy (non-hydrogen) atoms. The van der Waals surface area contributed by atoms with Gasteiger partial charge in [0, 0.05) is 5.02 Å². The SMILES string of the molecule is COC(=O)C1=CSC(OC)=C(C(=O)OC)C1c1cccc(Cl)c1. The molecule has 1 aromatic carbocycles. The van der Waals surface area contributed by atoms with Crippen LogP contribution in [-0.2, 0) is 23.8 Å². The van der Waals surface area contributed by atoms with E-state index in [4.69, 9.17) is 25.8 Å². The van der Waals surface area contributed by atoms with Crippen molar-refractivity contribution in [3.63, 3.8) is 0 Å². The fourth-order valence-corrected chi connectivity index (χ4v) is 3.40. The molecule has 7 heteroatoms. The minimum Gasteiger partial charge on any atom is -0.490 e. The van der Waals surface area contributed by atoms with Gasteiger partial charge in [-0.05, 0) is 23.1 Å². The first-order valence-electron chi connectivity index (χ1n) is 6.60. The van der Waals surface area contributed by atoms with Crippen LogP contribution in [0.25, 0.3) is 0 Å². The highest BCUT2D eigenvalue weighted by molar-refractivity contribution is 8.05. The van der Waals surface area contributed by atoms with Crippen LogP contribution in [0.1, 0.15) is 11.5 Å². The predicted octanol–water partition coefficient (Wildman–Crippen LogP) is 3.26. The molecule has 0 radical (unpaired) electrons. The zero-order valence-electron chi connectivity index (χ0n) is 12.8. The third kappa shape index (κ3) is 3.54. The number of carbonyl (C=O) groups is 2. The van der Waals surface area contributed by atoms with Crippen LogP contribution in [0.5, 0.6) is 0 Å². The molecule has 0 saturated carbocycles. The number of ether oxygens (including phenoxy) is 3. The van der Waals surface area contributed by atoms with E-state index in [9.17, 15) is 9.59 Å². The molecular weight excluding hydrogens is 340 g/mol. The summed E-state index contributed by atoms with van der Waals surface area (Å²) in [4.78, 5) is 24.4. The quantitative estimate of drug-likeness (QED) is 0.773. The molecule has 1 unspecified atom stereocenters. The zero-order chi connectivity index (χ0) is 17.0. The van der Waals surface area contributed by atoms with Gasteiger partial charge in [0.25, 0.3) is 0 Å². The molecule has 1 atom stereocenters. The summed E-state index contributed by atoms with van der Waals surface area (Å²) < 4.78 is 15.0. The normalized spacial score (nSPS) is 17.4. The number of hydrogen-bond donors (Lipinski definition) is 0. The largest absolute Gasteiger partial charge is 0.490 e. The summed E-state index contributed by atoms with van der Waals surface area (Å²) in [7, 11) is 4.02. The van der Waals surface area contributed by atoms with Crippen LogP contribution in [0.3, 0.4) is 0 Å². The summed E-state index contributed by atoms with van der Waals surface area (Å²) in [6.07, 6.45) is 0. The number of hydrogen-bond acceptors (Lipinski definition) is 6. The van der Waals surface area contributed by atoms with E-state index in [1.54, 1.807) is 29.7 Å². The van der Waals surface area contributed by atoms with Gasteiger partial charge in [-0.3, -0.25) is 0 Å². The molecule has 0 aliphatic carbocycles. The molecule has 5 nitrogen and oxygen atoms in total. The van der Waals surface area contributed by atoms with Gasteiger partial charge in [-0.25, -0.2) is 9.59 Å². The smallest absolute Gasteiger partial charge is 0.339 e. The highest BCUT2D eigenvalue weighted by Crippen LogP contribution is 2.44. The monoisotopic (exact) mass is 354 g/mol. The molecule has 0 saturated heterocycles. The Hall–Kier alpha value is -1.92. The Kier molecular flexibility index (Phi) is 5.74. The second-order valence-electron chi connectivity index (χ2n) is 4.57. The van der Waals surface area contributed by atoms with Gasteiger partial charge in [-0.1, -0.05) is 35.5 Å². The number of thioether (sulfide) groups is 1. The standard InChI is InChI=1S/C16H15ClO5S/c1-20-14(18)11-8-23-16(22-3)13(15(19)21-2)12(11)9-5-4-6-10(17)7-9/h4-8,12H,1-3H3. The van der Waals surface area contributed by atoms with E-state index >= 15 is 0 Å². The molecule has 0 spiro atoms. The second-order valence-corrected chi connectivity index (χ2v) is 5.85. The van der Waals surface area contributed by atoms with Gasteiger partial charge in [0.15, 0.2) is 5.09 Å². The Labute approximate surface area is 143 Å². The van der Waals surface area contributed by atoms with Crippen LogP contribution >= 0.6 is 23.4 Å². The highest BCUT2D eigenvalue weighted by atomic mass is 35.5. The second kappa shape index (κ2) is 7.57. The van der Waals surface area contributed by atoms with Gasteiger partial charge in [-0.2, -0.15) is 0 Å².